The van der Waals surface area contributed by atoms with Crippen LogP contribution in [0.25, 0.3) is 10.2 Å². The normalized spacial score (nSPS) is 14.9. The molecule has 8 nitrogen and oxygen atoms in total. The molecular weight excluding hydrogens is 390 g/mol. The zero-order valence-electron chi connectivity index (χ0n) is 16.2. The van der Waals surface area contributed by atoms with Crippen LogP contribution in [0.5, 0.6) is 0 Å². The van der Waals surface area contributed by atoms with Gasteiger partial charge in [-0.2, -0.15) is 0 Å². The van der Waals surface area contributed by atoms with Crippen LogP contribution in [0.3, 0.4) is 0 Å². The van der Waals surface area contributed by atoms with E-state index in [0.29, 0.717) is 11.3 Å². The summed E-state index contributed by atoms with van der Waals surface area (Å²) in [6.45, 7) is 5.58. The number of hydrogen-bond acceptors (Lipinski definition) is 7. The van der Waals surface area contributed by atoms with Crippen LogP contribution in [0.1, 0.15) is 15.9 Å². The molecule has 0 saturated carbocycles. The SMILES string of the molecule is Cc1ccc(C(=O)Nc2ccc3nc(N4CCN(C)CC4)sc3c2)cc1[N+](=O)[O-]. The van der Waals surface area contributed by atoms with Gasteiger partial charge in [0.1, 0.15) is 0 Å². The highest BCUT2D eigenvalue weighted by molar-refractivity contribution is 7.22. The molecule has 0 spiro atoms. The highest BCUT2D eigenvalue weighted by Gasteiger charge is 2.18. The minimum atomic E-state index is -0.477. The van der Waals surface area contributed by atoms with Crippen LogP contribution in [0.4, 0.5) is 16.5 Å². The number of carbonyl (C=O) groups excluding carboxylic acids is 1. The third kappa shape index (κ3) is 4.06. The second-order valence-electron chi connectivity index (χ2n) is 7.18. The largest absolute Gasteiger partial charge is 0.345 e. The van der Waals surface area contributed by atoms with Gasteiger partial charge in [-0.1, -0.05) is 17.4 Å². The van der Waals surface area contributed by atoms with Crippen LogP contribution in [0.15, 0.2) is 36.4 Å². The molecule has 9 heteroatoms. The van der Waals surface area contributed by atoms with E-state index in [1.54, 1.807) is 36.5 Å². The van der Waals surface area contributed by atoms with E-state index < -0.39 is 4.92 Å². The van der Waals surface area contributed by atoms with Crippen molar-refractivity contribution in [3.05, 3.63) is 57.6 Å². The summed E-state index contributed by atoms with van der Waals surface area (Å²) in [6, 6.07) is 10.1. The van der Waals surface area contributed by atoms with Crippen LogP contribution in [0, 0.1) is 17.0 Å². The summed E-state index contributed by atoms with van der Waals surface area (Å²) in [7, 11) is 2.12. The first-order valence-corrected chi connectivity index (χ1v) is 10.1. The quantitative estimate of drug-likeness (QED) is 0.522. The lowest BCUT2D eigenvalue weighted by molar-refractivity contribution is -0.385. The van der Waals surface area contributed by atoms with Gasteiger partial charge in [-0.3, -0.25) is 14.9 Å². The lowest BCUT2D eigenvalue weighted by atomic mass is 10.1. The van der Waals surface area contributed by atoms with Gasteiger partial charge in [0.15, 0.2) is 5.13 Å². The number of amides is 1. The van der Waals surface area contributed by atoms with E-state index in [2.05, 4.69) is 22.2 Å². The number of nitro groups is 1. The van der Waals surface area contributed by atoms with Gasteiger partial charge in [0.25, 0.3) is 11.6 Å². The summed E-state index contributed by atoms with van der Waals surface area (Å²) in [4.78, 5) is 32.5. The number of hydrogen-bond donors (Lipinski definition) is 1. The Morgan fingerprint density at radius 2 is 1.93 bits per heavy atom. The predicted octanol–water partition coefficient (Wildman–Crippen LogP) is 3.52. The van der Waals surface area contributed by atoms with Crippen LogP contribution in [-0.4, -0.2) is 53.9 Å². The first kappa shape index (κ1) is 19.3. The minimum absolute atomic E-state index is 0.0626. The Morgan fingerprint density at radius 3 is 2.66 bits per heavy atom. The van der Waals surface area contributed by atoms with Crippen molar-refractivity contribution in [1.29, 1.82) is 0 Å². The number of benzene rings is 2. The topological polar surface area (TPSA) is 91.6 Å². The predicted molar refractivity (Wildman–Crippen MR) is 115 cm³/mol. The molecule has 0 aliphatic carbocycles. The maximum atomic E-state index is 12.6. The fourth-order valence-corrected chi connectivity index (χ4v) is 4.33. The number of anilines is 2. The van der Waals surface area contributed by atoms with Gasteiger partial charge in [-0.05, 0) is 38.2 Å². The van der Waals surface area contributed by atoms with E-state index >= 15 is 0 Å². The number of nitrogens with one attached hydrogen (secondary N) is 1. The lowest BCUT2D eigenvalue weighted by Crippen LogP contribution is -2.44. The summed E-state index contributed by atoms with van der Waals surface area (Å²) < 4.78 is 0.992. The number of aryl methyl sites for hydroxylation is 1. The summed E-state index contributed by atoms with van der Waals surface area (Å²) in [6.07, 6.45) is 0. The van der Waals surface area contributed by atoms with Crippen molar-refractivity contribution in [2.45, 2.75) is 6.92 Å². The molecule has 1 aliphatic heterocycles. The van der Waals surface area contributed by atoms with Crippen molar-refractivity contribution in [1.82, 2.24) is 9.88 Å². The number of thiazole rings is 1. The number of fused-ring (bicyclic) bond motifs is 1. The van der Waals surface area contributed by atoms with Gasteiger partial charge in [0, 0.05) is 49.1 Å². The molecule has 2 aromatic carbocycles. The van der Waals surface area contributed by atoms with Crippen molar-refractivity contribution in [3.8, 4) is 0 Å². The Kier molecular flexibility index (Phi) is 5.16. The molecule has 1 amide bonds. The fourth-order valence-electron chi connectivity index (χ4n) is 3.27. The molecular formula is C20H21N5O3S. The number of carbonyl (C=O) groups is 1. The molecule has 150 valence electrons. The first-order chi connectivity index (χ1) is 13.9. The van der Waals surface area contributed by atoms with E-state index in [-0.39, 0.29) is 17.2 Å². The molecule has 1 saturated heterocycles. The van der Waals surface area contributed by atoms with E-state index in [1.165, 1.54) is 6.07 Å². The lowest BCUT2D eigenvalue weighted by Gasteiger charge is -2.31. The van der Waals surface area contributed by atoms with E-state index in [9.17, 15) is 14.9 Å². The molecule has 2 heterocycles. The van der Waals surface area contributed by atoms with Crippen molar-refractivity contribution in [3.63, 3.8) is 0 Å². The Hall–Kier alpha value is -3.04. The standard InChI is InChI=1S/C20H21N5O3S/c1-13-3-4-14(11-17(13)25(27)28)19(26)21-15-5-6-16-18(12-15)29-20(22-16)24-9-7-23(2)8-10-24/h3-6,11-12H,7-10H2,1-2H3,(H,21,26). The highest BCUT2D eigenvalue weighted by atomic mass is 32.1. The van der Waals surface area contributed by atoms with Crippen LogP contribution < -0.4 is 10.2 Å². The maximum absolute atomic E-state index is 12.6. The number of aromatic nitrogens is 1. The van der Waals surface area contributed by atoms with Crippen molar-refractivity contribution in [2.24, 2.45) is 0 Å². The van der Waals surface area contributed by atoms with Crippen LogP contribution >= 0.6 is 11.3 Å². The summed E-state index contributed by atoms with van der Waals surface area (Å²) in [5.74, 6) is -0.378. The van der Waals surface area contributed by atoms with Gasteiger partial charge in [0.05, 0.1) is 15.1 Å². The van der Waals surface area contributed by atoms with E-state index in [4.69, 9.17) is 4.98 Å². The Balaban J connectivity index is 1.53. The Bertz CT molecular complexity index is 1090. The summed E-state index contributed by atoms with van der Waals surface area (Å²) >= 11 is 1.61. The van der Waals surface area contributed by atoms with Crippen LogP contribution in [-0.2, 0) is 0 Å². The average Bonchev–Trinajstić information content (AvgIpc) is 3.12. The zero-order valence-corrected chi connectivity index (χ0v) is 17.0. The molecule has 0 radical (unpaired) electrons. The third-order valence-corrected chi connectivity index (χ3v) is 6.16. The fraction of sp³-hybridized carbons (Fsp3) is 0.300. The molecule has 0 unspecified atom stereocenters. The number of nitrogens with zero attached hydrogens (tertiary/aromatic N) is 4. The van der Waals surface area contributed by atoms with E-state index in [1.807, 2.05) is 12.1 Å². The zero-order chi connectivity index (χ0) is 20.5. The van der Waals surface area contributed by atoms with Gasteiger partial charge in [-0.25, -0.2) is 4.98 Å². The molecule has 3 aromatic rings. The monoisotopic (exact) mass is 411 g/mol. The highest BCUT2D eigenvalue weighted by Crippen LogP contribution is 2.31. The molecule has 1 fully saturated rings. The van der Waals surface area contributed by atoms with Gasteiger partial charge in [-0.15, -0.1) is 0 Å². The van der Waals surface area contributed by atoms with Gasteiger partial charge >= 0.3 is 0 Å². The third-order valence-electron chi connectivity index (χ3n) is 5.08. The van der Waals surface area contributed by atoms with Crippen molar-refractivity contribution in [2.75, 3.05) is 43.4 Å². The van der Waals surface area contributed by atoms with E-state index in [0.717, 1.165) is 41.5 Å². The summed E-state index contributed by atoms with van der Waals surface area (Å²) in [5.41, 5.74) is 2.25. The molecule has 0 bridgehead atoms. The van der Waals surface area contributed by atoms with Gasteiger partial charge < -0.3 is 15.1 Å². The molecule has 1 N–H and O–H groups in total. The Labute approximate surface area is 171 Å². The van der Waals surface area contributed by atoms with Crippen molar-refractivity contribution < 1.29 is 9.72 Å². The Morgan fingerprint density at radius 1 is 1.17 bits per heavy atom. The summed E-state index contributed by atoms with van der Waals surface area (Å²) in [5, 5.41) is 14.9. The van der Waals surface area contributed by atoms with Gasteiger partial charge in [0.2, 0.25) is 0 Å². The second kappa shape index (κ2) is 7.76. The maximum Gasteiger partial charge on any atom is 0.273 e. The average molecular weight is 411 g/mol. The molecule has 1 aromatic heterocycles. The molecule has 4 rings (SSSR count). The second-order valence-corrected chi connectivity index (χ2v) is 8.19. The number of likely N-dealkylation sites (N-methyl/N-ethyl adjacent to an activating group) is 1. The minimum Gasteiger partial charge on any atom is -0.345 e. The smallest absolute Gasteiger partial charge is 0.273 e. The van der Waals surface area contributed by atoms with Crippen molar-refractivity contribution >= 4 is 44.0 Å². The van der Waals surface area contributed by atoms with Crippen LogP contribution in [0.2, 0.25) is 0 Å². The number of nitro benzene ring substituents is 1. The number of piperazine rings is 1. The molecule has 1 aliphatic rings. The number of rotatable bonds is 4. The molecule has 0 atom stereocenters. The first-order valence-electron chi connectivity index (χ1n) is 9.31. The molecule has 29 heavy (non-hydrogen) atoms.